The maximum absolute atomic E-state index is 11.2. The van der Waals surface area contributed by atoms with Gasteiger partial charge in [0, 0.05) is 12.1 Å². The highest BCUT2D eigenvalue weighted by Gasteiger charge is 2.14. The number of ether oxygens (including phenoxy) is 1. The third-order valence-electron chi connectivity index (χ3n) is 2.63. The van der Waals surface area contributed by atoms with E-state index < -0.39 is 5.97 Å². The molecule has 2 aromatic rings. The number of carbonyl (C=O) groups is 1. The average molecular weight is 249 g/mol. The molecule has 2 rings (SSSR count). The molecule has 0 aliphatic carbocycles. The van der Waals surface area contributed by atoms with Gasteiger partial charge in [-0.1, -0.05) is 0 Å². The number of esters is 1. The molecule has 0 aromatic carbocycles. The van der Waals surface area contributed by atoms with Crippen molar-refractivity contribution >= 4 is 5.97 Å². The van der Waals surface area contributed by atoms with E-state index in [0.29, 0.717) is 12.3 Å². The van der Waals surface area contributed by atoms with Crippen LogP contribution < -0.4 is 5.32 Å². The fourth-order valence-electron chi connectivity index (χ4n) is 1.56. The van der Waals surface area contributed by atoms with Gasteiger partial charge in [-0.25, -0.2) is 4.79 Å². The summed E-state index contributed by atoms with van der Waals surface area (Å²) < 4.78 is 15.0. The molecule has 2 heterocycles. The Bertz CT molecular complexity index is 501. The molecule has 1 atom stereocenters. The molecule has 96 valence electrons. The molecule has 0 radical (unpaired) electrons. The van der Waals surface area contributed by atoms with Gasteiger partial charge in [0.25, 0.3) is 0 Å². The van der Waals surface area contributed by atoms with Gasteiger partial charge in [-0.3, -0.25) is 0 Å². The average Bonchev–Trinajstić information content (AvgIpc) is 3.05. The minimum absolute atomic E-state index is 0.00157. The predicted octanol–water partition coefficient (Wildman–Crippen LogP) is 2.51. The lowest BCUT2D eigenvalue weighted by atomic mass is 10.2. The van der Waals surface area contributed by atoms with E-state index in [1.165, 1.54) is 7.11 Å². The SMILES string of the molecule is COC(=O)c1ccc(C(C)NCc2ccoc2)o1. The number of hydrogen-bond donors (Lipinski definition) is 1. The van der Waals surface area contributed by atoms with Gasteiger partial charge in [0.1, 0.15) is 5.76 Å². The van der Waals surface area contributed by atoms with Crippen molar-refractivity contribution in [2.75, 3.05) is 7.11 Å². The van der Waals surface area contributed by atoms with E-state index in [1.54, 1.807) is 24.7 Å². The Morgan fingerprint density at radius 2 is 2.28 bits per heavy atom. The highest BCUT2D eigenvalue weighted by molar-refractivity contribution is 5.86. The van der Waals surface area contributed by atoms with Gasteiger partial charge < -0.3 is 18.9 Å². The van der Waals surface area contributed by atoms with Crippen LogP contribution in [0.1, 0.15) is 34.8 Å². The lowest BCUT2D eigenvalue weighted by Crippen LogP contribution is -2.17. The van der Waals surface area contributed by atoms with Gasteiger partial charge in [0.05, 0.1) is 25.7 Å². The standard InChI is InChI=1S/C13H15NO4/c1-9(14-7-10-5-6-17-8-10)11-3-4-12(18-11)13(15)16-2/h3-6,8-9,14H,7H2,1-2H3. The lowest BCUT2D eigenvalue weighted by Gasteiger charge is -2.09. The van der Waals surface area contributed by atoms with Crippen molar-refractivity contribution in [2.45, 2.75) is 19.5 Å². The van der Waals surface area contributed by atoms with Crippen molar-refractivity contribution in [3.8, 4) is 0 Å². The molecule has 0 aliphatic rings. The minimum atomic E-state index is -0.469. The molecule has 2 aromatic heterocycles. The van der Waals surface area contributed by atoms with Gasteiger partial charge in [-0.2, -0.15) is 0 Å². The highest BCUT2D eigenvalue weighted by atomic mass is 16.5. The van der Waals surface area contributed by atoms with E-state index >= 15 is 0 Å². The molecule has 0 saturated carbocycles. The first-order chi connectivity index (χ1) is 8.70. The Morgan fingerprint density at radius 1 is 1.44 bits per heavy atom. The van der Waals surface area contributed by atoms with Crippen LogP contribution in [0.5, 0.6) is 0 Å². The molecule has 5 heteroatoms. The quantitative estimate of drug-likeness (QED) is 0.825. The van der Waals surface area contributed by atoms with Crippen LogP contribution in [0.25, 0.3) is 0 Å². The van der Waals surface area contributed by atoms with Crippen LogP contribution in [0.2, 0.25) is 0 Å². The summed E-state index contributed by atoms with van der Waals surface area (Å²) in [4.78, 5) is 11.2. The fraction of sp³-hybridized carbons (Fsp3) is 0.308. The molecule has 5 nitrogen and oxygen atoms in total. The van der Waals surface area contributed by atoms with Gasteiger partial charge in [-0.15, -0.1) is 0 Å². The first-order valence-electron chi connectivity index (χ1n) is 5.63. The van der Waals surface area contributed by atoms with E-state index in [4.69, 9.17) is 8.83 Å². The zero-order valence-electron chi connectivity index (χ0n) is 10.3. The number of nitrogens with one attached hydrogen (secondary N) is 1. The molecule has 1 unspecified atom stereocenters. The number of methoxy groups -OCH3 is 1. The van der Waals surface area contributed by atoms with Crippen molar-refractivity contribution in [3.05, 3.63) is 47.8 Å². The zero-order valence-corrected chi connectivity index (χ0v) is 10.3. The highest BCUT2D eigenvalue weighted by Crippen LogP contribution is 2.17. The summed E-state index contributed by atoms with van der Waals surface area (Å²) in [7, 11) is 1.32. The van der Waals surface area contributed by atoms with E-state index in [9.17, 15) is 4.79 Å². The third-order valence-corrected chi connectivity index (χ3v) is 2.63. The minimum Gasteiger partial charge on any atom is -0.472 e. The van der Waals surface area contributed by atoms with Crippen molar-refractivity contribution in [3.63, 3.8) is 0 Å². The topological polar surface area (TPSA) is 64.6 Å². The van der Waals surface area contributed by atoms with Crippen LogP contribution in [-0.2, 0) is 11.3 Å². The largest absolute Gasteiger partial charge is 0.472 e. The monoisotopic (exact) mass is 249 g/mol. The molecule has 0 bridgehead atoms. The first-order valence-corrected chi connectivity index (χ1v) is 5.63. The van der Waals surface area contributed by atoms with E-state index in [0.717, 1.165) is 5.56 Å². The van der Waals surface area contributed by atoms with Gasteiger partial charge in [-0.05, 0) is 25.1 Å². The summed E-state index contributed by atoms with van der Waals surface area (Å²) in [6.45, 7) is 2.63. The van der Waals surface area contributed by atoms with Crippen LogP contribution in [-0.4, -0.2) is 13.1 Å². The van der Waals surface area contributed by atoms with E-state index in [-0.39, 0.29) is 11.8 Å². The molecular weight excluding hydrogens is 234 g/mol. The summed E-state index contributed by atoms with van der Waals surface area (Å²) in [5, 5.41) is 3.27. The molecule has 0 fully saturated rings. The number of carbonyl (C=O) groups excluding carboxylic acids is 1. The maximum atomic E-state index is 11.2. The Labute approximate surface area is 105 Å². The second-order valence-electron chi connectivity index (χ2n) is 3.93. The van der Waals surface area contributed by atoms with Crippen molar-refractivity contribution in [2.24, 2.45) is 0 Å². The normalized spacial score (nSPS) is 12.3. The van der Waals surface area contributed by atoms with Crippen LogP contribution in [0, 0.1) is 0 Å². The third kappa shape index (κ3) is 2.81. The van der Waals surface area contributed by atoms with Gasteiger partial charge in [0.15, 0.2) is 0 Å². The second-order valence-corrected chi connectivity index (χ2v) is 3.93. The fourth-order valence-corrected chi connectivity index (χ4v) is 1.56. The maximum Gasteiger partial charge on any atom is 0.373 e. The summed E-state index contributed by atoms with van der Waals surface area (Å²) in [5.41, 5.74) is 1.06. The van der Waals surface area contributed by atoms with Crippen molar-refractivity contribution in [1.29, 1.82) is 0 Å². The summed E-state index contributed by atoms with van der Waals surface area (Å²) in [6, 6.07) is 5.26. The van der Waals surface area contributed by atoms with Crippen LogP contribution in [0.15, 0.2) is 39.6 Å². The van der Waals surface area contributed by atoms with Gasteiger partial charge in [0.2, 0.25) is 5.76 Å². The number of hydrogen-bond acceptors (Lipinski definition) is 5. The number of furan rings is 2. The van der Waals surface area contributed by atoms with Gasteiger partial charge >= 0.3 is 5.97 Å². The van der Waals surface area contributed by atoms with Crippen molar-refractivity contribution in [1.82, 2.24) is 5.32 Å². The molecule has 18 heavy (non-hydrogen) atoms. The smallest absolute Gasteiger partial charge is 0.373 e. The molecule has 0 aliphatic heterocycles. The summed E-state index contributed by atoms with van der Waals surface area (Å²) in [6.07, 6.45) is 3.31. The Morgan fingerprint density at radius 3 is 2.94 bits per heavy atom. The lowest BCUT2D eigenvalue weighted by molar-refractivity contribution is 0.0562. The molecule has 1 N–H and O–H groups in total. The summed E-state index contributed by atoms with van der Waals surface area (Å²) >= 11 is 0. The van der Waals surface area contributed by atoms with Crippen LogP contribution >= 0.6 is 0 Å². The summed E-state index contributed by atoms with van der Waals surface area (Å²) in [5.74, 6) is 0.437. The second kappa shape index (κ2) is 5.55. The number of rotatable bonds is 5. The first kappa shape index (κ1) is 12.4. The Balaban J connectivity index is 1.94. The van der Waals surface area contributed by atoms with E-state index in [2.05, 4.69) is 10.1 Å². The molecule has 0 saturated heterocycles. The Kier molecular flexibility index (Phi) is 3.84. The zero-order chi connectivity index (χ0) is 13.0. The van der Waals surface area contributed by atoms with Crippen molar-refractivity contribution < 1.29 is 18.4 Å². The van der Waals surface area contributed by atoms with Crippen LogP contribution in [0.3, 0.4) is 0 Å². The molecular formula is C13H15NO4. The van der Waals surface area contributed by atoms with Crippen LogP contribution in [0.4, 0.5) is 0 Å². The molecule has 0 amide bonds. The predicted molar refractivity (Wildman–Crippen MR) is 64.0 cm³/mol. The van der Waals surface area contributed by atoms with E-state index in [1.807, 2.05) is 13.0 Å². The molecule has 0 spiro atoms. The Hall–Kier alpha value is -2.01.